The molecular weight excluding hydrogens is 238 g/mol. The molecule has 4 heteroatoms. The molecule has 1 N–H and O–H groups in total. The molecule has 0 saturated carbocycles. The molecule has 0 bridgehead atoms. The Morgan fingerprint density at radius 3 is 2.59 bits per heavy atom. The van der Waals surface area contributed by atoms with Crippen molar-refractivity contribution in [3.8, 4) is 0 Å². The summed E-state index contributed by atoms with van der Waals surface area (Å²) in [5.74, 6) is -0.859. The minimum atomic E-state index is -0.681. The second-order valence-electron chi connectivity index (χ2n) is 4.67. The topological polar surface area (TPSA) is 40.5 Å². The first-order valence-corrected chi connectivity index (χ1v) is 6.15. The highest BCUT2D eigenvalue weighted by Crippen LogP contribution is 2.21. The van der Waals surface area contributed by atoms with Gasteiger partial charge in [0.1, 0.15) is 0 Å². The molecule has 1 unspecified atom stereocenters. The number of carboxylic acid groups (broad SMARTS) is 1. The molecule has 1 fully saturated rings. The van der Waals surface area contributed by atoms with Crippen LogP contribution in [-0.2, 0) is 11.2 Å². The standard InChI is InChI=1S/C13H16ClNO2/c1-9(15-7-11(8-15)13(16)17)6-10-2-4-12(14)5-3-10/h2-5,9,11H,6-8H2,1H3,(H,16,17). The predicted molar refractivity (Wildman–Crippen MR) is 67.3 cm³/mol. The Labute approximate surface area is 106 Å². The maximum atomic E-state index is 10.7. The van der Waals surface area contributed by atoms with Crippen molar-refractivity contribution in [3.63, 3.8) is 0 Å². The monoisotopic (exact) mass is 253 g/mol. The number of halogens is 1. The summed E-state index contributed by atoms with van der Waals surface area (Å²) in [6, 6.07) is 8.20. The zero-order valence-corrected chi connectivity index (χ0v) is 10.5. The van der Waals surface area contributed by atoms with Crippen molar-refractivity contribution < 1.29 is 9.90 Å². The summed E-state index contributed by atoms with van der Waals surface area (Å²) < 4.78 is 0. The van der Waals surface area contributed by atoms with Crippen LogP contribution in [0, 0.1) is 5.92 Å². The molecule has 1 saturated heterocycles. The molecule has 0 amide bonds. The summed E-state index contributed by atoms with van der Waals surface area (Å²) in [7, 11) is 0. The van der Waals surface area contributed by atoms with Crippen molar-refractivity contribution in [1.29, 1.82) is 0 Å². The molecule has 1 aliphatic rings. The number of aliphatic carboxylic acids is 1. The Morgan fingerprint density at radius 2 is 2.06 bits per heavy atom. The van der Waals surface area contributed by atoms with E-state index in [1.165, 1.54) is 5.56 Å². The van der Waals surface area contributed by atoms with Crippen molar-refractivity contribution in [2.45, 2.75) is 19.4 Å². The van der Waals surface area contributed by atoms with E-state index in [1.807, 2.05) is 24.3 Å². The molecule has 3 nitrogen and oxygen atoms in total. The van der Waals surface area contributed by atoms with Crippen LogP contribution in [0.4, 0.5) is 0 Å². The molecular formula is C13H16ClNO2. The van der Waals surface area contributed by atoms with Gasteiger partial charge in [0.15, 0.2) is 0 Å². The Bertz CT molecular complexity index is 398. The van der Waals surface area contributed by atoms with Crippen molar-refractivity contribution in [1.82, 2.24) is 4.90 Å². The highest BCUT2D eigenvalue weighted by Gasteiger charge is 2.34. The lowest BCUT2D eigenvalue weighted by Crippen LogP contribution is -2.54. The van der Waals surface area contributed by atoms with Crippen LogP contribution < -0.4 is 0 Å². The van der Waals surface area contributed by atoms with Gasteiger partial charge in [-0.1, -0.05) is 23.7 Å². The third kappa shape index (κ3) is 2.99. The maximum Gasteiger partial charge on any atom is 0.309 e. The molecule has 0 spiro atoms. The summed E-state index contributed by atoms with van der Waals surface area (Å²) in [6.07, 6.45) is 0.934. The molecule has 0 aromatic heterocycles. The number of likely N-dealkylation sites (tertiary alicyclic amines) is 1. The van der Waals surface area contributed by atoms with Crippen molar-refractivity contribution in [2.24, 2.45) is 5.92 Å². The van der Waals surface area contributed by atoms with Gasteiger partial charge in [-0.15, -0.1) is 0 Å². The van der Waals surface area contributed by atoms with E-state index in [-0.39, 0.29) is 5.92 Å². The largest absolute Gasteiger partial charge is 0.481 e. The fourth-order valence-electron chi connectivity index (χ4n) is 2.12. The first kappa shape index (κ1) is 12.4. The zero-order valence-electron chi connectivity index (χ0n) is 9.77. The second kappa shape index (κ2) is 5.07. The van der Waals surface area contributed by atoms with Crippen LogP contribution in [0.3, 0.4) is 0 Å². The van der Waals surface area contributed by atoms with Gasteiger partial charge in [-0.05, 0) is 31.0 Å². The number of benzene rings is 1. The lowest BCUT2D eigenvalue weighted by Gasteiger charge is -2.41. The van der Waals surface area contributed by atoms with Crippen molar-refractivity contribution >= 4 is 17.6 Å². The highest BCUT2D eigenvalue weighted by molar-refractivity contribution is 6.30. The number of carboxylic acids is 1. The molecule has 1 aromatic rings. The third-order valence-electron chi connectivity index (χ3n) is 3.33. The fraction of sp³-hybridized carbons (Fsp3) is 0.462. The quantitative estimate of drug-likeness (QED) is 0.895. The van der Waals surface area contributed by atoms with Crippen molar-refractivity contribution in [3.05, 3.63) is 34.9 Å². The molecule has 1 atom stereocenters. The molecule has 1 aromatic carbocycles. The number of carbonyl (C=O) groups is 1. The molecule has 17 heavy (non-hydrogen) atoms. The van der Waals surface area contributed by atoms with Crippen LogP contribution in [0.15, 0.2) is 24.3 Å². The summed E-state index contributed by atoms with van der Waals surface area (Å²) in [5.41, 5.74) is 1.24. The third-order valence-corrected chi connectivity index (χ3v) is 3.58. The van der Waals surface area contributed by atoms with Gasteiger partial charge in [0.2, 0.25) is 0 Å². The van der Waals surface area contributed by atoms with E-state index in [0.717, 1.165) is 11.4 Å². The molecule has 92 valence electrons. The van der Waals surface area contributed by atoms with Gasteiger partial charge in [-0.25, -0.2) is 0 Å². The van der Waals surface area contributed by atoms with E-state index >= 15 is 0 Å². The van der Waals surface area contributed by atoms with Crippen LogP contribution >= 0.6 is 11.6 Å². The fourth-order valence-corrected chi connectivity index (χ4v) is 2.25. The van der Waals surface area contributed by atoms with Crippen molar-refractivity contribution in [2.75, 3.05) is 13.1 Å². The van der Waals surface area contributed by atoms with Crippen LogP contribution in [0.25, 0.3) is 0 Å². The number of rotatable bonds is 4. The van der Waals surface area contributed by atoms with E-state index in [0.29, 0.717) is 19.1 Å². The Balaban J connectivity index is 1.84. The normalized spacial score (nSPS) is 18.7. The average molecular weight is 254 g/mol. The Hall–Kier alpha value is -1.06. The maximum absolute atomic E-state index is 10.7. The van der Waals surface area contributed by atoms with Gasteiger partial charge in [-0.3, -0.25) is 9.69 Å². The first-order chi connectivity index (χ1) is 8.06. The molecule has 1 aliphatic heterocycles. The van der Waals surface area contributed by atoms with Gasteiger partial charge in [0.05, 0.1) is 5.92 Å². The van der Waals surface area contributed by atoms with E-state index < -0.39 is 5.97 Å². The van der Waals surface area contributed by atoms with Crippen LogP contribution in [0.1, 0.15) is 12.5 Å². The lowest BCUT2D eigenvalue weighted by molar-refractivity contribution is -0.148. The van der Waals surface area contributed by atoms with Gasteiger partial charge in [-0.2, -0.15) is 0 Å². The lowest BCUT2D eigenvalue weighted by atomic mass is 9.95. The summed E-state index contributed by atoms with van der Waals surface area (Å²) >= 11 is 5.83. The SMILES string of the molecule is CC(Cc1ccc(Cl)cc1)N1CC(C(=O)O)C1. The Kier molecular flexibility index (Phi) is 3.69. The smallest absolute Gasteiger partial charge is 0.309 e. The van der Waals surface area contributed by atoms with Gasteiger partial charge in [0.25, 0.3) is 0 Å². The van der Waals surface area contributed by atoms with E-state index in [4.69, 9.17) is 16.7 Å². The number of nitrogens with zero attached hydrogens (tertiary/aromatic N) is 1. The van der Waals surface area contributed by atoms with Crippen LogP contribution in [0.2, 0.25) is 5.02 Å². The Morgan fingerprint density at radius 1 is 1.47 bits per heavy atom. The van der Waals surface area contributed by atoms with E-state index in [1.54, 1.807) is 0 Å². The average Bonchev–Trinajstić information content (AvgIpc) is 2.18. The summed E-state index contributed by atoms with van der Waals surface area (Å²) in [6.45, 7) is 3.47. The minimum absolute atomic E-state index is 0.178. The molecule has 0 radical (unpaired) electrons. The van der Waals surface area contributed by atoms with E-state index in [2.05, 4.69) is 11.8 Å². The molecule has 0 aliphatic carbocycles. The minimum Gasteiger partial charge on any atom is -0.481 e. The first-order valence-electron chi connectivity index (χ1n) is 5.77. The molecule has 1 heterocycles. The molecule has 2 rings (SSSR count). The highest BCUT2D eigenvalue weighted by atomic mass is 35.5. The van der Waals surface area contributed by atoms with Gasteiger partial charge < -0.3 is 5.11 Å². The van der Waals surface area contributed by atoms with Gasteiger partial charge in [0, 0.05) is 24.2 Å². The number of hydrogen-bond acceptors (Lipinski definition) is 2. The zero-order chi connectivity index (χ0) is 12.4. The van der Waals surface area contributed by atoms with Crippen LogP contribution in [-0.4, -0.2) is 35.1 Å². The summed E-state index contributed by atoms with van der Waals surface area (Å²) in [4.78, 5) is 12.9. The second-order valence-corrected chi connectivity index (χ2v) is 5.11. The van der Waals surface area contributed by atoms with Gasteiger partial charge >= 0.3 is 5.97 Å². The number of hydrogen-bond donors (Lipinski definition) is 1. The summed E-state index contributed by atoms with van der Waals surface area (Å²) in [5, 5.41) is 9.56. The van der Waals surface area contributed by atoms with Crippen LogP contribution in [0.5, 0.6) is 0 Å². The predicted octanol–water partition coefficient (Wildman–Crippen LogP) is 2.29. The van der Waals surface area contributed by atoms with E-state index in [9.17, 15) is 4.79 Å².